The van der Waals surface area contributed by atoms with Crippen LogP contribution >= 0.6 is 0 Å². The summed E-state index contributed by atoms with van der Waals surface area (Å²) in [5.74, 6) is 2.06. The van der Waals surface area contributed by atoms with Gasteiger partial charge < -0.3 is 9.47 Å². The first kappa shape index (κ1) is 31.0. The van der Waals surface area contributed by atoms with Crippen molar-refractivity contribution in [3.8, 4) is 0 Å². The van der Waals surface area contributed by atoms with Crippen LogP contribution in [0.15, 0.2) is 23.3 Å². The van der Waals surface area contributed by atoms with E-state index in [0.717, 1.165) is 38.5 Å². The molecule has 0 aliphatic heterocycles. The van der Waals surface area contributed by atoms with Crippen LogP contribution in [-0.4, -0.2) is 24.6 Å². The molecule has 0 aromatic heterocycles. The zero-order chi connectivity index (χ0) is 28.3. The highest BCUT2D eigenvalue weighted by atomic mass is 16.5. The zero-order valence-electron chi connectivity index (χ0n) is 26.0. The number of hydrogen-bond donors (Lipinski definition) is 0. The summed E-state index contributed by atoms with van der Waals surface area (Å²) in [6.07, 6.45) is 16.8. The molecule has 8 unspecified atom stereocenters. The quantitative estimate of drug-likeness (QED) is 0.343. The molecular weight excluding hydrogens is 472 g/mol. The smallest absolute Gasteiger partial charge is 0.302 e. The van der Waals surface area contributed by atoms with Gasteiger partial charge in [0.05, 0.1) is 0 Å². The SMILES string of the molecule is CC.CC(=O)OCC12CCC=C1C1=CCC3C(C)(CCC4C(C)C(OC(C)=O)CCC43C)C1CC2.CCC. The Bertz CT molecular complexity index is 917. The van der Waals surface area contributed by atoms with Gasteiger partial charge in [-0.25, -0.2) is 0 Å². The first-order chi connectivity index (χ1) is 18.0. The van der Waals surface area contributed by atoms with E-state index in [4.69, 9.17) is 9.47 Å². The second-order valence-electron chi connectivity index (χ2n) is 13.2. The molecule has 0 spiro atoms. The summed E-state index contributed by atoms with van der Waals surface area (Å²) in [7, 11) is 0. The number of carbonyl (C=O) groups is 2. The van der Waals surface area contributed by atoms with E-state index in [-0.39, 0.29) is 23.5 Å². The predicted molar refractivity (Wildman–Crippen MR) is 155 cm³/mol. The lowest BCUT2D eigenvalue weighted by Gasteiger charge is -2.65. The molecule has 38 heavy (non-hydrogen) atoms. The third kappa shape index (κ3) is 5.39. The van der Waals surface area contributed by atoms with E-state index >= 15 is 0 Å². The van der Waals surface area contributed by atoms with Gasteiger partial charge in [-0.2, -0.15) is 0 Å². The van der Waals surface area contributed by atoms with Crippen molar-refractivity contribution < 1.29 is 19.1 Å². The molecule has 0 saturated heterocycles. The van der Waals surface area contributed by atoms with Crippen LogP contribution in [0.5, 0.6) is 0 Å². The molecule has 3 saturated carbocycles. The second kappa shape index (κ2) is 12.3. The Labute approximate surface area is 233 Å². The highest BCUT2D eigenvalue weighted by Crippen LogP contribution is 2.69. The number of hydrogen-bond acceptors (Lipinski definition) is 4. The van der Waals surface area contributed by atoms with E-state index in [1.165, 1.54) is 38.2 Å². The van der Waals surface area contributed by atoms with Gasteiger partial charge in [0, 0.05) is 19.3 Å². The van der Waals surface area contributed by atoms with Gasteiger partial charge in [-0.1, -0.05) is 67.0 Å². The molecule has 0 aromatic carbocycles. The molecule has 0 heterocycles. The Morgan fingerprint density at radius 2 is 1.58 bits per heavy atom. The average molecular weight is 529 g/mol. The third-order valence-electron chi connectivity index (χ3n) is 11.0. The minimum atomic E-state index is -0.160. The molecule has 216 valence electrons. The number of ether oxygens (including phenoxy) is 2. The van der Waals surface area contributed by atoms with Crippen LogP contribution in [0.2, 0.25) is 0 Å². The molecule has 0 aromatic rings. The van der Waals surface area contributed by atoms with Crippen molar-refractivity contribution in [1.29, 1.82) is 0 Å². The number of esters is 2. The average Bonchev–Trinajstić information content (AvgIpc) is 3.31. The lowest BCUT2D eigenvalue weighted by Crippen LogP contribution is -2.58. The van der Waals surface area contributed by atoms with Gasteiger partial charge in [0.25, 0.3) is 0 Å². The lowest BCUT2D eigenvalue weighted by atomic mass is 9.40. The molecule has 0 radical (unpaired) electrons. The van der Waals surface area contributed by atoms with Crippen molar-refractivity contribution in [2.75, 3.05) is 6.61 Å². The fourth-order valence-corrected chi connectivity index (χ4v) is 9.45. The molecule has 0 N–H and O–H groups in total. The molecule has 5 rings (SSSR count). The Balaban J connectivity index is 0.000000748. The first-order valence-corrected chi connectivity index (χ1v) is 15.7. The summed E-state index contributed by atoms with van der Waals surface area (Å²) < 4.78 is 11.3. The molecule has 0 bridgehead atoms. The summed E-state index contributed by atoms with van der Waals surface area (Å²) in [5.41, 5.74) is 3.78. The Kier molecular flexibility index (Phi) is 10.0. The van der Waals surface area contributed by atoms with Crippen molar-refractivity contribution in [1.82, 2.24) is 0 Å². The number of allylic oxidation sites excluding steroid dienone is 3. The summed E-state index contributed by atoms with van der Waals surface area (Å²) in [6, 6.07) is 0. The van der Waals surface area contributed by atoms with Crippen LogP contribution in [0, 0.1) is 39.9 Å². The highest BCUT2D eigenvalue weighted by Gasteiger charge is 2.62. The third-order valence-corrected chi connectivity index (χ3v) is 11.0. The molecule has 5 aliphatic rings. The van der Waals surface area contributed by atoms with Crippen molar-refractivity contribution in [3.05, 3.63) is 23.3 Å². The normalized spacial score (nSPS) is 40.6. The van der Waals surface area contributed by atoms with Crippen LogP contribution in [0.3, 0.4) is 0 Å². The molecule has 5 aliphatic carbocycles. The fraction of sp³-hybridized carbons (Fsp3) is 0.824. The molecule has 8 atom stereocenters. The van der Waals surface area contributed by atoms with E-state index < -0.39 is 0 Å². The highest BCUT2D eigenvalue weighted by molar-refractivity contribution is 5.66. The van der Waals surface area contributed by atoms with Crippen LogP contribution in [0.25, 0.3) is 0 Å². The van der Waals surface area contributed by atoms with Crippen LogP contribution in [-0.2, 0) is 19.1 Å². The van der Waals surface area contributed by atoms with Gasteiger partial charge in [-0.3, -0.25) is 9.59 Å². The van der Waals surface area contributed by atoms with Crippen molar-refractivity contribution >= 4 is 11.9 Å². The van der Waals surface area contributed by atoms with Gasteiger partial charge in [-0.15, -0.1) is 0 Å². The Hall–Kier alpha value is -1.58. The number of carbonyl (C=O) groups excluding carboxylic acids is 2. The van der Waals surface area contributed by atoms with E-state index in [1.54, 1.807) is 12.5 Å². The summed E-state index contributed by atoms with van der Waals surface area (Å²) in [5, 5.41) is 0. The van der Waals surface area contributed by atoms with Gasteiger partial charge in [0.1, 0.15) is 12.7 Å². The van der Waals surface area contributed by atoms with Crippen molar-refractivity contribution in [2.45, 2.75) is 133 Å². The molecule has 4 nitrogen and oxygen atoms in total. The molecule has 4 heteroatoms. The largest absolute Gasteiger partial charge is 0.465 e. The minimum absolute atomic E-state index is 0.0505. The minimum Gasteiger partial charge on any atom is -0.465 e. The zero-order valence-corrected chi connectivity index (χ0v) is 26.0. The Morgan fingerprint density at radius 1 is 0.921 bits per heavy atom. The van der Waals surface area contributed by atoms with Gasteiger partial charge >= 0.3 is 11.9 Å². The monoisotopic (exact) mass is 528 g/mol. The summed E-state index contributed by atoms with van der Waals surface area (Å²) in [6.45, 7) is 19.4. The van der Waals surface area contributed by atoms with Gasteiger partial charge in [-0.05, 0) is 103 Å². The van der Waals surface area contributed by atoms with Gasteiger partial charge in [0.2, 0.25) is 0 Å². The Morgan fingerprint density at radius 3 is 2.21 bits per heavy atom. The maximum Gasteiger partial charge on any atom is 0.302 e. The van der Waals surface area contributed by atoms with E-state index in [0.29, 0.717) is 41.1 Å². The van der Waals surface area contributed by atoms with Crippen molar-refractivity contribution in [2.24, 2.45) is 39.9 Å². The summed E-state index contributed by atoms with van der Waals surface area (Å²) >= 11 is 0. The predicted octanol–water partition coefficient (Wildman–Crippen LogP) is 8.84. The van der Waals surface area contributed by atoms with E-state index in [1.807, 2.05) is 13.8 Å². The maximum atomic E-state index is 11.7. The number of fused-ring (bicyclic) bond motifs is 7. The number of rotatable bonds is 3. The summed E-state index contributed by atoms with van der Waals surface area (Å²) in [4.78, 5) is 23.3. The maximum absolute atomic E-state index is 11.7. The lowest BCUT2D eigenvalue weighted by molar-refractivity contribution is -0.174. The topological polar surface area (TPSA) is 52.6 Å². The standard InChI is InChI=1S/C29H42O4.C3H8.C2H6/c1-18-22-10-14-28(5)23-11-16-29(17-32-19(2)30)13-6-7-24(29)21(23)8-9-26(28)27(22,4)15-12-25(18)33-20(3)31;1-3-2;1-2/h7-8,18,22-23,25-26H,6,9-17H2,1-5H3;3H2,1-2H3;1-2H3. The van der Waals surface area contributed by atoms with Crippen molar-refractivity contribution in [3.63, 3.8) is 0 Å². The molecular formula is C34H56O4. The van der Waals surface area contributed by atoms with Crippen LogP contribution < -0.4 is 0 Å². The first-order valence-electron chi connectivity index (χ1n) is 15.7. The van der Waals surface area contributed by atoms with Crippen LogP contribution in [0.4, 0.5) is 0 Å². The molecule has 3 fully saturated rings. The molecule has 0 amide bonds. The fourth-order valence-electron chi connectivity index (χ4n) is 9.45. The van der Waals surface area contributed by atoms with E-state index in [9.17, 15) is 9.59 Å². The second-order valence-corrected chi connectivity index (χ2v) is 13.2. The van der Waals surface area contributed by atoms with E-state index in [2.05, 4.69) is 46.8 Å². The van der Waals surface area contributed by atoms with Gasteiger partial charge in [0.15, 0.2) is 0 Å². The van der Waals surface area contributed by atoms with Crippen LogP contribution in [0.1, 0.15) is 127 Å².